The number of hydrogen-bond donors (Lipinski definition) is 1. The summed E-state index contributed by atoms with van der Waals surface area (Å²) in [6, 6.07) is 6.71. The van der Waals surface area contributed by atoms with E-state index in [-0.39, 0.29) is 47.5 Å². The van der Waals surface area contributed by atoms with Crippen molar-refractivity contribution in [2.24, 2.45) is 0 Å². The molecule has 0 heterocycles. The Morgan fingerprint density at radius 3 is 2.17 bits per heavy atom. The summed E-state index contributed by atoms with van der Waals surface area (Å²) in [5, 5.41) is 0.446. The molecule has 0 aromatic heterocycles. The smallest absolute Gasteiger partial charge is 1.00 e. The largest absolute Gasteiger partial charge is 1.00 e. The van der Waals surface area contributed by atoms with E-state index in [1.165, 1.54) is 37.4 Å². The summed E-state index contributed by atoms with van der Waals surface area (Å²) >= 11 is 0. The van der Waals surface area contributed by atoms with Gasteiger partial charge in [0.05, 0.1) is 25.3 Å². The Morgan fingerprint density at radius 1 is 1.04 bits per heavy atom. The predicted octanol–water partition coefficient (Wildman–Crippen LogP) is -1.22. The maximum absolute atomic E-state index is 11.7. The molecule has 0 bridgehead atoms. The molecule has 0 amide bonds. The Balaban J connectivity index is 0.00000264. The van der Waals surface area contributed by atoms with Crippen LogP contribution in [0, 0.1) is 0 Å². The first-order valence-electron chi connectivity index (χ1n) is 6.00. The van der Waals surface area contributed by atoms with Crippen LogP contribution in [0.15, 0.2) is 35.2 Å². The van der Waals surface area contributed by atoms with Crippen LogP contribution < -0.4 is 29.6 Å². The molecule has 2 aromatic rings. The third kappa shape index (κ3) is 3.91. The standard InChI is InChI=1S/C14H12O7S.Na.H/c1-20-13(15)9-4-5-10-8(7-9)3-6-11(14(16)21-2)12(10)22(17,18)19;;/h3-7H,1-2H3,(H,17,18,19);;/q;+1;-1. The van der Waals surface area contributed by atoms with Gasteiger partial charge in [0, 0.05) is 5.39 Å². The van der Waals surface area contributed by atoms with E-state index < -0.39 is 27.0 Å². The Kier molecular flexibility index (Phi) is 6.32. The van der Waals surface area contributed by atoms with E-state index in [1.807, 2.05) is 0 Å². The SMILES string of the molecule is COC(=O)c1ccc2c(S(=O)(=O)O)c(C(=O)OC)ccc2c1.[H-].[Na+]. The molecular weight excluding hydrogens is 335 g/mol. The van der Waals surface area contributed by atoms with Gasteiger partial charge in [-0.1, -0.05) is 12.1 Å². The third-order valence-electron chi connectivity index (χ3n) is 3.05. The Hall–Kier alpha value is -1.45. The Morgan fingerprint density at radius 2 is 1.65 bits per heavy atom. The van der Waals surface area contributed by atoms with Gasteiger partial charge in [0.15, 0.2) is 0 Å². The number of hydrogen-bond acceptors (Lipinski definition) is 6. The number of esters is 2. The number of benzene rings is 2. The fraction of sp³-hybridized carbons (Fsp3) is 0.143. The van der Waals surface area contributed by atoms with E-state index in [1.54, 1.807) is 0 Å². The number of ether oxygens (including phenoxy) is 2. The van der Waals surface area contributed by atoms with Crippen LogP contribution in [0.5, 0.6) is 0 Å². The minimum atomic E-state index is -4.67. The maximum atomic E-state index is 11.7. The van der Waals surface area contributed by atoms with Crippen molar-refractivity contribution in [3.63, 3.8) is 0 Å². The van der Waals surface area contributed by atoms with Crippen molar-refractivity contribution in [3.05, 3.63) is 41.5 Å². The first-order valence-corrected chi connectivity index (χ1v) is 7.44. The monoisotopic (exact) mass is 348 g/mol. The molecule has 0 spiro atoms. The van der Waals surface area contributed by atoms with Gasteiger partial charge in [0.25, 0.3) is 10.1 Å². The molecule has 0 saturated carbocycles. The molecule has 7 nitrogen and oxygen atoms in total. The van der Waals surface area contributed by atoms with Crippen molar-refractivity contribution in [2.45, 2.75) is 4.90 Å². The van der Waals surface area contributed by atoms with Gasteiger partial charge in [-0.05, 0) is 23.6 Å². The fourth-order valence-electron chi connectivity index (χ4n) is 2.09. The van der Waals surface area contributed by atoms with Crippen LogP contribution in [-0.2, 0) is 19.6 Å². The van der Waals surface area contributed by atoms with Crippen molar-refractivity contribution < 1.29 is 63.0 Å². The van der Waals surface area contributed by atoms with Crippen molar-refractivity contribution in [2.75, 3.05) is 14.2 Å². The molecule has 2 rings (SSSR count). The third-order valence-corrected chi connectivity index (χ3v) is 4.01. The van der Waals surface area contributed by atoms with Crippen molar-refractivity contribution in [1.29, 1.82) is 0 Å². The van der Waals surface area contributed by atoms with Crippen LogP contribution in [0.4, 0.5) is 0 Å². The summed E-state index contributed by atoms with van der Waals surface area (Å²) in [5.41, 5.74) is -0.0783. The molecule has 0 aliphatic heterocycles. The van der Waals surface area contributed by atoms with Gasteiger partial charge < -0.3 is 10.9 Å². The summed E-state index contributed by atoms with van der Waals surface area (Å²) in [7, 11) is -2.35. The normalized spacial score (nSPS) is 10.7. The van der Waals surface area contributed by atoms with Crippen LogP contribution in [0.3, 0.4) is 0 Å². The molecule has 0 unspecified atom stereocenters. The molecule has 2 aromatic carbocycles. The van der Waals surface area contributed by atoms with E-state index in [4.69, 9.17) is 0 Å². The topological polar surface area (TPSA) is 107 Å². The van der Waals surface area contributed by atoms with E-state index >= 15 is 0 Å². The van der Waals surface area contributed by atoms with Crippen molar-refractivity contribution in [1.82, 2.24) is 0 Å². The zero-order chi connectivity index (χ0) is 16.5. The molecule has 0 atom stereocenters. The van der Waals surface area contributed by atoms with Gasteiger partial charge in [0.1, 0.15) is 4.90 Å². The number of fused-ring (bicyclic) bond motifs is 1. The van der Waals surface area contributed by atoms with Gasteiger partial charge in [-0.15, -0.1) is 0 Å². The first-order chi connectivity index (χ1) is 10.3. The average Bonchev–Trinajstić information content (AvgIpc) is 2.50. The molecule has 0 fully saturated rings. The predicted molar refractivity (Wildman–Crippen MR) is 77.6 cm³/mol. The zero-order valence-electron chi connectivity index (χ0n) is 13.7. The second-order valence-corrected chi connectivity index (χ2v) is 5.69. The summed E-state index contributed by atoms with van der Waals surface area (Å²) in [4.78, 5) is 22.6. The molecular formula is C14H13NaO7S. The molecule has 0 saturated heterocycles. The summed E-state index contributed by atoms with van der Waals surface area (Å²) in [6.07, 6.45) is 0. The Labute approximate surface area is 156 Å². The van der Waals surface area contributed by atoms with Gasteiger partial charge >= 0.3 is 41.5 Å². The second kappa shape index (κ2) is 7.41. The maximum Gasteiger partial charge on any atom is 1.00 e. The minimum absolute atomic E-state index is 0. The van der Waals surface area contributed by atoms with E-state index in [0.29, 0.717) is 5.39 Å². The van der Waals surface area contributed by atoms with Gasteiger partial charge in [-0.3, -0.25) is 4.55 Å². The van der Waals surface area contributed by atoms with E-state index in [0.717, 1.165) is 7.11 Å². The van der Waals surface area contributed by atoms with E-state index in [9.17, 15) is 22.6 Å². The van der Waals surface area contributed by atoms with Crippen molar-refractivity contribution >= 4 is 32.8 Å². The molecule has 9 heteroatoms. The van der Waals surface area contributed by atoms with Gasteiger partial charge in [-0.25, -0.2) is 9.59 Å². The quantitative estimate of drug-likeness (QED) is 0.421. The molecule has 0 aliphatic rings. The summed E-state index contributed by atoms with van der Waals surface area (Å²) < 4.78 is 41.7. The number of carbonyl (C=O) groups excluding carboxylic acids is 2. The van der Waals surface area contributed by atoms with Crippen molar-refractivity contribution in [3.8, 4) is 0 Å². The second-order valence-electron chi connectivity index (χ2n) is 4.34. The zero-order valence-corrected chi connectivity index (χ0v) is 15.5. The molecule has 0 radical (unpaired) electrons. The number of carbonyl (C=O) groups is 2. The van der Waals surface area contributed by atoms with Crippen LogP contribution in [-0.4, -0.2) is 39.1 Å². The minimum Gasteiger partial charge on any atom is -1.00 e. The van der Waals surface area contributed by atoms with Crippen LogP contribution in [0.1, 0.15) is 22.1 Å². The molecule has 23 heavy (non-hydrogen) atoms. The fourth-order valence-corrected chi connectivity index (χ4v) is 2.99. The van der Waals surface area contributed by atoms with Crippen LogP contribution in [0.2, 0.25) is 0 Å². The summed E-state index contributed by atoms with van der Waals surface area (Å²) in [5.74, 6) is -1.49. The number of methoxy groups -OCH3 is 2. The summed E-state index contributed by atoms with van der Waals surface area (Å²) in [6.45, 7) is 0. The number of rotatable bonds is 3. The molecule has 0 aliphatic carbocycles. The van der Waals surface area contributed by atoms with Gasteiger partial charge in [0.2, 0.25) is 0 Å². The van der Waals surface area contributed by atoms with Crippen LogP contribution >= 0.6 is 0 Å². The van der Waals surface area contributed by atoms with E-state index in [2.05, 4.69) is 9.47 Å². The average molecular weight is 348 g/mol. The van der Waals surface area contributed by atoms with Crippen LogP contribution in [0.25, 0.3) is 10.8 Å². The molecule has 118 valence electrons. The molecule has 1 N–H and O–H groups in total. The Bertz CT molecular complexity index is 880. The first kappa shape index (κ1) is 19.6. The van der Waals surface area contributed by atoms with Gasteiger partial charge in [-0.2, -0.15) is 8.42 Å².